The summed E-state index contributed by atoms with van der Waals surface area (Å²) in [6.45, 7) is 0.0842. The maximum atomic E-state index is 12.1. The van der Waals surface area contributed by atoms with Gasteiger partial charge in [0.1, 0.15) is 0 Å². The van der Waals surface area contributed by atoms with Gasteiger partial charge in [-0.3, -0.25) is 9.72 Å². The number of urea groups is 1. The van der Waals surface area contributed by atoms with E-state index in [1.165, 1.54) is 0 Å². The normalized spacial score (nSPS) is 12.2. The highest BCUT2D eigenvalue weighted by molar-refractivity contribution is 5.87. The number of hydrogen-bond acceptors (Lipinski definition) is 4. The molecule has 2 aromatic heterocycles. The second kappa shape index (κ2) is 6.81. The number of hydrogen-bond donors (Lipinski definition) is 3. The first-order chi connectivity index (χ1) is 12.7. The van der Waals surface area contributed by atoms with Crippen LogP contribution in [0.4, 0.5) is 10.7 Å². The lowest BCUT2D eigenvalue weighted by molar-refractivity contribution is 0.175. The van der Waals surface area contributed by atoms with Crippen LogP contribution in [0.5, 0.6) is 0 Å². The zero-order chi connectivity index (χ0) is 17.9. The third-order valence-corrected chi connectivity index (χ3v) is 4.15. The van der Waals surface area contributed by atoms with E-state index < -0.39 is 12.1 Å². The topological polar surface area (TPSA) is 91.5 Å². The minimum atomic E-state index is -0.805. The Morgan fingerprint density at radius 3 is 2.73 bits per heavy atom. The van der Waals surface area contributed by atoms with Gasteiger partial charge in [-0.25, -0.2) is 4.79 Å². The van der Waals surface area contributed by atoms with Gasteiger partial charge in [0.25, 0.3) is 0 Å². The van der Waals surface area contributed by atoms with Crippen LogP contribution in [0.1, 0.15) is 11.7 Å². The molecular weight excluding hydrogens is 330 g/mol. The van der Waals surface area contributed by atoms with Crippen molar-refractivity contribution in [1.29, 1.82) is 0 Å². The molecule has 130 valence electrons. The standard InChI is InChI=1S/C19H17N5O2/c25-16(15-9-8-13-5-1-2-6-14(13)11-15)12-20-19(26)21-18-23-22-17-7-3-4-10-24(17)18/h1-11,16,25H,12H2,(H2,20,21,23,26). The van der Waals surface area contributed by atoms with E-state index in [0.29, 0.717) is 11.6 Å². The van der Waals surface area contributed by atoms with Gasteiger partial charge in [-0.2, -0.15) is 0 Å². The second-order valence-electron chi connectivity index (χ2n) is 5.91. The molecule has 0 saturated heterocycles. The molecule has 0 saturated carbocycles. The summed E-state index contributed by atoms with van der Waals surface area (Å²) in [4.78, 5) is 12.1. The highest BCUT2D eigenvalue weighted by atomic mass is 16.3. The van der Waals surface area contributed by atoms with Crippen molar-refractivity contribution >= 4 is 28.4 Å². The van der Waals surface area contributed by atoms with Crippen molar-refractivity contribution in [2.75, 3.05) is 11.9 Å². The number of aromatic nitrogens is 3. The van der Waals surface area contributed by atoms with Crippen LogP contribution in [0, 0.1) is 0 Å². The number of benzene rings is 2. The molecule has 0 fully saturated rings. The first-order valence-corrected chi connectivity index (χ1v) is 8.22. The van der Waals surface area contributed by atoms with Crippen LogP contribution >= 0.6 is 0 Å². The smallest absolute Gasteiger partial charge is 0.321 e. The Morgan fingerprint density at radius 2 is 1.85 bits per heavy atom. The summed E-state index contributed by atoms with van der Waals surface area (Å²) in [7, 11) is 0. The molecule has 3 N–H and O–H groups in total. The number of nitrogens with one attached hydrogen (secondary N) is 2. The van der Waals surface area contributed by atoms with E-state index in [9.17, 15) is 9.90 Å². The fraction of sp³-hybridized carbons (Fsp3) is 0.105. The van der Waals surface area contributed by atoms with E-state index in [1.807, 2.05) is 54.6 Å². The Balaban J connectivity index is 1.40. The summed E-state index contributed by atoms with van der Waals surface area (Å²) in [5.41, 5.74) is 1.39. The predicted octanol–water partition coefficient (Wildman–Crippen LogP) is 2.74. The molecule has 4 rings (SSSR count). The molecule has 0 aliphatic carbocycles. The average molecular weight is 347 g/mol. The zero-order valence-corrected chi connectivity index (χ0v) is 13.8. The number of pyridine rings is 1. The van der Waals surface area contributed by atoms with Gasteiger partial charge in [-0.15, -0.1) is 10.2 Å². The van der Waals surface area contributed by atoms with Crippen LogP contribution < -0.4 is 10.6 Å². The van der Waals surface area contributed by atoms with Crippen LogP contribution in [0.25, 0.3) is 16.4 Å². The summed E-state index contributed by atoms with van der Waals surface area (Å²) in [5, 5.41) is 25.7. The lowest BCUT2D eigenvalue weighted by atomic mass is 10.0. The van der Waals surface area contributed by atoms with Crippen molar-refractivity contribution in [2.24, 2.45) is 0 Å². The van der Waals surface area contributed by atoms with Crippen molar-refractivity contribution in [2.45, 2.75) is 6.10 Å². The Hall–Kier alpha value is -3.45. The summed E-state index contributed by atoms with van der Waals surface area (Å²) < 4.78 is 1.67. The molecule has 0 spiro atoms. The molecule has 2 aromatic carbocycles. The van der Waals surface area contributed by atoms with Crippen molar-refractivity contribution in [3.05, 3.63) is 72.4 Å². The fourth-order valence-electron chi connectivity index (χ4n) is 2.79. The number of aliphatic hydroxyl groups is 1. The monoisotopic (exact) mass is 347 g/mol. The molecule has 0 bridgehead atoms. The van der Waals surface area contributed by atoms with E-state index in [1.54, 1.807) is 16.7 Å². The molecule has 26 heavy (non-hydrogen) atoms. The number of aliphatic hydroxyl groups excluding tert-OH is 1. The van der Waals surface area contributed by atoms with Gasteiger partial charge < -0.3 is 10.4 Å². The maximum absolute atomic E-state index is 12.1. The lowest BCUT2D eigenvalue weighted by Crippen LogP contribution is -2.33. The Bertz CT molecular complexity index is 1080. The third-order valence-electron chi connectivity index (χ3n) is 4.15. The van der Waals surface area contributed by atoms with Gasteiger partial charge in [0, 0.05) is 12.7 Å². The first-order valence-electron chi connectivity index (χ1n) is 8.22. The molecular formula is C19H17N5O2. The van der Waals surface area contributed by atoms with Crippen LogP contribution in [-0.4, -0.2) is 32.3 Å². The quantitative estimate of drug-likeness (QED) is 0.529. The molecule has 0 radical (unpaired) electrons. The highest BCUT2D eigenvalue weighted by Gasteiger charge is 2.12. The van der Waals surface area contributed by atoms with E-state index in [0.717, 1.165) is 16.3 Å². The van der Waals surface area contributed by atoms with Gasteiger partial charge in [0.05, 0.1) is 6.10 Å². The van der Waals surface area contributed by atoms with Crippen molar-refractivity contribution < 1.29 is 9.90 Å². The van der Waals surface area contributed by atoms with Crippen molar-refractivity contribution in [1.82, 2.24) is 19.9 Å². The number of nitrogens with zero attached hydrogens (tertiary/aromatic N) is 3. The molecule has 2 heterocycles. The second-order valence-corrected chi connectivity index (χ2v) is 5.91. The molecule has 7 heteroatoms. The number of carbonyl (C=O) groups is 1. The number of amides is 2. The molecule has 4 aromatic rings. The molecule has 1 unspecified atom stereocenters. The molecule has 0 aliphatic rings. The highest BCUT2D eigenvalue weighted by Crippen LogP contribution is 2.20. The first kappa shape index (κ1) is 16.0. The zero-order valence-electron chi connectivity index (χ0n) is 13.8. The van der Waals surface area contributed by atoms with Crippen LogP contribution in [0.2, 0.25) is 0 Å². The van der Waals surface area contributed by atoms with Crippen LogP contribution in [0.15, 0.2) is 66.9 Å². The third kappa shape index (κ3) is 3.20. The average Bonchev–Trinajstić information content (AvgIpc) is 3.08. The van der Waals surface area contributed by atoms with Crippen molar-refractivity contribution in [3.8, 4) is 0 Å². The van der Waals surface area contributed by atoms with Crippen LogP contribution in [-0.2, 0) is 0 Å². The Morgan fingerprint density at radius 1 is 1.04 bits per heavy atom. The maximum Gasteiger partial charge on any atom is 0.321 e. The van der Waals surface area contributed by atoms with Gasteiger partial charge >= 0.3 is 6.03 Å². The largest absolute Gasteiger partial charge is 0.387 e. The van der Waals surface area contributed by atoms with Crippen molar-refractivity contribution in [3.63, 3.8) is 0 Å². The van der Waals surface area contributed by atoms with E-state index in [2.05, 4.69) is 20.8 Å². The Kier molecular flexibility index (Phi) is 4.20. The van der Waals surface area contributed by atoms with E-state index in [4.69, 9.17) is 0 Å². The van der Waals surface area contributed by atoms with E-state index in [-0.39, 0.29) is 6.54 Å². The summed E-state index contributed by atoms with van der Waals surface area (Å²) in [5.74, 6) is 0.318. The number of rotatable bonds is 4. The van der Waals surface area contributed by atoms with E-state index >= 15 is 0 Å². The number of carbonyl (C=O) groups excluding carboxylic acids is 1. The fourth-order valence-corrected chi connectivity index (χ4v) is 2.79. The lowest BCUT2D eigenvalue weighted by Gasteiger charge is -2.13. The summed E-state index contributed by atoms with van der Waals surface area (Å²) in [6.07, 6.45) is 0.954. The number of fused-ring (bicyclic) bond motifs is 2. The summed E-state index contributed by atoms with van der Waals surface area (Å²) >= 11 is 0. The van der Waals surface area contributed by atoms with Gasteiger partial charge in [-0.1, -0.05) is 42.5 Å². The van der Waals surface area contributed by atoms with Gasteiger partial charge in [0.15, 0.2) is 5.65 Å². The number of anilines is 1. The van der Waals surface area contributed by atoms with Gasteiger partial charge in [0.2, 0.25) is 5.95 Å². The molecule has 0 aliphatic heterocycles. The predicted molar refractivity (Wildman–Crippen MR) is 98.9 cm³/mol. The molecule has 1 atom stereocenters. The van der Waals surface area contributed by atoms with Crippen LogP contribution in [0.3, 0.4) is 0 Å². The summed E-state index contributed by atoms with van der Waals surface area (Å²) in [6, 6.07) is 18.7. The molecule has 7 nitrogen and oxygen atoms in total. The minimum Gasteiger partial charge on any atom is -0.387 e. The van der Waals surface area contributed by atoms with Gasteiger partial charge in [-0.05, 0) is 34.5 Å². The minimum absolute atomic E-state index is 0.0842. The Labute approximate surface area is 149 Å². The molecule has 2 amide bonds. The SMILES string of the molecule is O=C(NCC(O)c1ccc2ccccc2c1)Nc1nnc2ccccn12.